The Kier molecular flexibility index (Phi) is 5.95. The molecule has 0 fully saturated rings. The minimum absolute atomic E-state index is 0.503. The van der Waals surface area contributed by atoms with Crippen LogP contribution in [0.2, 0.25) is 5.02 Å². The first kappa shape index (κ1) is 16.9. The van der Waals surface area contributed by atoms with Gasteiger partial charge in [-0.2, -0.15) is 0 Å². The monoisotopic (exact) mass is 318 g/mol. The summed E-state index contributed by atoms with van der Waals surface area (Å²) < 4.78 is 0. The fourth-order valence-electron chi connectivity index (χ4n) is 2.58. The number of benzene rings is 1. The number of hydrogen-bond donors (Lipinski definition) is 1. The van der Waals surface area contributed by atoms with Crippen LogP contribution in [-0.2, 0) is 12.0 Å². The topological polar surface area (TPSA) is 36.4 Å². The molecule has 0 saturated heterocycles. The zero-order chi connectivity index (χ0) is 16.0. The molecule has 2 rings (SSSR count). The number of rotatable bonds is 7. The molecule has 0 saturated carbocycles. The minimum atomic E-state index is -0.922. The Balaban J connectivity index is 2.20. The van der Waals surface area contributed by atoms with E-state index in [-0.39, 0.29) is 0 Å². The van der Waals surface area contributed by atoms with E-state index >= 15 is 0 Å². The molecular weight excluding hydrogens is 296 g/mol. The molecule has 0 aliphatic carbocycles. The molecule has 1 heterocycles. The molecule has 1 N–H and O–H groups in total. The highest BCUT2D eigenvalue weighted by molar-refractivity contribution is 6.30. The van der Waals surface area contributed by atoms with Crippen molar-refractivity contribution in [2.45, 2.75) is 24.9 Å². The van der Waals surface area contributed by atoms with Crippen molar-refractivity contribution in [3.05, 3.63) is 64.9 Å². The highest BCUT2D eigenvalue weighted by Gasteiger charge is 2.29. The molecule has 22 heavy (non-hydrogen) atoms. The lowest BCUT2D eigenvalue weighted by atomic mass is 9.84. The van der Waals surface area contributed by atoms with Gasteiger partial charge < -0.3 is 10.0 Å². The van der Waals surface area contributed by atoms with Gasteiger partial charge in [0.15, 0.2) is 0 Å². The standard InChI is InChI=1S/C18H23ClN2O/c1-21(2)13-5-11-18(22,14-17-6-3-4-12-20-17)15-7-9-16(19)10-8-15/h3-4,6-10,12,22H,5,11,13-14H2,1-2H3. The van der Waals surface area contributed by atoms with Crippen molar-refractivity contribution in [1.82, 2.24) is 9.88 Å². The Morgan fingerprint density at radius 3 is 2.45 bits per heavy atom. The maximum Gasteiger partial charge on any atom is 0.0952 e. The fourth-order valence-corrected chi connectivity index (χ4v) is 2.71. The van der Waals surface area contributed by atoms with Crippen molar-refractivity contribution in [3.63, 3.8) is 0 Å². The predicted octanol–water partition coefficient (Wildman–Crippen LogP) is 3.51. The van der Waals surface area contributed by atoms with Crippen LogP contribution in [0.25, 0.3) is 0 Å². The number of halogens is 1. The maximum absolute atomic E-state index is 11.2. The van der Waals surface area contributed by atoms with Crippen molar-refractivity contribution < 1.29 is 5.11 Å². The number of nitrogens with zero attached hydrogens (tertiary/aromatic N) is 2. The van der Waals surface area contributed by atoms with Gasteiger partial charge in [0.2, 0.25) is 0 Å². The summed E-state index contributed by atoms with van der Waals surface area (Å²) in [6.45, 7) is 0.943. The molecule has 4 heteroatoms. The second kappa shape index (κ2) is 7.73. The van der Waals surface area contributed by atoms with Gasteiger partial charge in [0.25, 0.3) is 0 Å². The van der Waals surface area contributed by atoms with Gasteiger partial charge in [-0.05, 0) is 63.3 Å². The molecule has 0 bridgehead atoms. The third-order valence-corrected chi connectivity index (χ3v) is 4.03. The highest BCUT2D eigenvalue weighted by atomic mass is 35.5. The first-order valence-corrected chi connectivity index (χ1v) is 7.90. The normalized spacial score (nSPS) is 14.0. The summed E-state index contributed by atoms with van der Waals surface area (Å²) >= 11 is 5.97. The summed E-state index contributed by atoms with van der Waals surface area (Å²) in [4.78, 5) is 6.48. The van der Waals surface area contributed by atoms with Crippen LogP contribution < -0.4 is 0 Å². The van der Waals surface area contributed by atoms with Gasteiger partial charge in [-0.25, -0.2) is 0 Å². The number of aromatic nitrogens is 1. The van der Waals surface area contributed by atoms with E-state index in [0.29, 0.717) is 17.9 Å². The maximum atomic E-state index is 11.2. The van der Waals surface area contributed by atoms with E-state index in [9.17, 15) is 5.11 Å². The number of pyridine rings is 1. The summed E-state index contributed by atoms with van der Waals surface area (Å²) in [5.41, 5.74) is 0.862. The van der Waals surface area contributed by atoms with E-state index < -0.39 is 5.60 Å². The average molecular weight is 319 g/mol. The summed E-state index contributed by atoms with van der Waals surface area (Å²) in [6.07, 6.45) is 3.86. The van der Waals surface area contributed by atoms with E-state index in [1.165, 1.54) is 0 Å². The first-order valence-electron chi connectivity index (χ1n) is 7.53. The van der Waals surface area contributed by atoms with Crippen LogP contribution in [0.5, 0.6) is 0 Å². The molecule has 1 unspecified atom stereocenters. The lowest BCUT2D eigenvalue weighted by Gasteiger charge is -2.29. The molecule has 3 nitrogen and oxygen atoms in total. The van der Waals surface area contributed by atoms with Crippen LogP contribution in [0.4, 0.5) is 0 Å². The van der Waals surface area contributed by atoms with Crippen molar-refractivity contribution in [3.8, 4) is 0 Å². The zero-order valence-electron chi connectivity index (χ0n) is 13.2. The van der Waals surface area contributed by atoms with Crippen LogP contribution in [0, 0.1) is 0 Å². The summed E-state index contributed by atoms with van der Waals surface area (Å²) in [7, 11) is 4.08. The fraction of sp³-hybridized carbons (Fsp3) is 0.389. The molecule has 1 atom stereocenters. The van der Waals surface area contributed by atoms with Crippen LogP contribution in [0.15, 0.2) is 48.7 Å². The second-order valence-electron chi connectivity index (χ2n) is 5.94. The smallest absolute Gasteiger partial charge is 0.0952 e. The van der Waals surface area contributed by atoms with E-state index in [0.717, 1.165) is 24.2 Å². The molecule has 0 aliphatic heterocycles. The Hall–Kier alpha value is -1.42. The van der Waals surface area contributed by atoms with Crippen molar-refractivity contribution >= 4 is 11.6 Å². The van der Waals surface area contributed by atoms with Gasteiger partial charge in [0.05, 0.1) is 5.60 Å². The molecular formula is C18H23ClN2O. The molecule has 2 aromatic rings. The van der Waals surface area contributed by atoms with Gasteiger partial charge >= 0.3 is 0 Å². The summed E-state index contributed by atoms with van der Waals surface area (Å²) in [6, 6.07) is 13.2. The predicted molar refractivity (Wildman–Crippen MR) is 91.1 cm³/mol. The molecule has 0 spiro atoms. The quantitative estimate of drug-likeness (QED) is 0.848. The van der Waals surface area contributed by atoms with Gasteiger partial charge in [-0.1, -0.05) is 29.8 Å². The summed E-state index contributed by atoms with van der Waals surface area (Å²) in [5.74, 6) is 0. The highest BCUT2D eigenvalue weighted by Crippen LogP contribution is 2.31. The third-order valence-electron chi connectivity index (χ3n) is 3.78. The number of hydrogen-bond acceptors (Lipinski definition) is 3. The van der Waals surface area contributed by atoms with Gasteiger partial charge in [-0.15, -0.1) is 0 Å². The van der Waals surface area contributed by atoms with Crippen LogP contribution in [0.3, 0.4) is 0 Å². The Bertz CT molecular complexity index is 571. The van der Waals surface area contributed by atoms with Crippen LogP contribution >= 0.6 is 11.6 Å². The van der Waals surface area contributed by atoms with Crippen molar-refractivity contribution in [2.75, 3.05) is 20.6 Å². The van der Waals surface area contributed by atoms with Crippen LogP contribution in [0.1, 0.15) is 24.1 Å². The van der Waals surface area contributed by atoms with Crippen LogP contribution in [-0.4, -0.2) is 35.6 Å². The number of aliphatic hydroxyl groups is 1. The molecule has 0 radical (unpaired) electrons. The van der Waals surface area contributed by atoms with Gasteiger partial charge in [0.1, 0.15) is 0 Å². The lowest BCUT2D eigenvalue weighted by molar-refractivity contribution is 0.0230. The zero-order valence-corrected chi connectivity index (χ0v) is 13.9. The molecule has 118 valence electrons. The molecule has 0 amide bonds. The van der Waals surface area contributed by atoms with Crippen molar-refractivity contribution in [2.24, 2.45) is 0 Å². The Morgan fingerprint density at radius 2 is 1.86 bits per heavy atom. The van der Waals surface area contributed by atoms with E-state index in [2.05, 4.69) is 9.88 Å². The average Bonchev–Trinajstić information content (AvgIpc) is 2.48. The molecule has 1 aromatic heterocycles. The van der Waals surface area contributed by atoms with E-state index in [1.54, 1.807) is 6.20 Å². The molecule has 0 aliphatic rings. The largest absolute Gasteiger partial charge is 0.385 e. The Morgan fingerprint density at radius 1 is 1.14 bits per heavy atom. The minimum Gasteiger partial charge on any atom is -0.385 e. The lowest BCUT2D eigenvalue weighted by Crippen LogP contribution is -2.30. The second-order valence-corrected chi connectivity index (χ2v) is 6.38. The molecule has 1 aromatic carbocycles. The first-order chi connectivity index (χ1) is 10.5. The van der Waals surface area contributed by atoms with Gasteiger partial charge in [-0.3, -0.25) is 4.98 Å². The Labute approximate surface area is 137 Å². The SMILES string of the molecule is CN(C)CCCC(O)(Cc1ccccn1)c1ccc(Cl)cc1. The third kappa shape index (κ3) is 4.80. The van der Waals surface area contributed by atoms with E-state index in [4.69, 9.17) is 11.6 Å². The van der Waals surface area contributed by atoms with E-state index in [1.807, 2.05) is 56.6 Å². The van der Waals surface area contributed by atoms with Crippen molar-refractivity contribution in [1.29, 1.82) is 0 Å². The summed E-state index contributed by atoms with van der Waals surface area (Å²) in [5, 5.41) is 11.9. The van der Waals surface area contributed by atoms with Gasteiger partial charge in [0, 0.05) is 23.3 Å².